The van der Waals surface area contributed by atoms with Crippen LogP contribution in [0.25, 0.3) is 0 Å². The molecule has 4 heteroatoms. The maximum Gasteiger partial charge on any atom is 0.160 e. The molecule has 0 amide bonds. The Morgan fingerprint density at radius 1 is 1.29 bits per heavy atom. The maximum atomic E-state index is 5.60. The van der Waals surface area contributed by atoms with Crippen molar-refractivity contribution in [1.82, 2.24) is 15.1 Å². The molecule has 0 radical (unpaired) electrons. The minimum Gasteiger partial charge on any atom is -0.493 e. The molecule has 120 valence electrons. The summed E-state index contributed by atoms with van der Waals surface area (Å²) in [4.78, 5) is 0. The third kappa shape index (κ3) is 3.79. The number of hydrogen-bond acceptors (Lipinski definition) is 3. The first-order valence-electron chi connectivity index (χ1n) is 8.39. The molecule has 1 aliphatic rings. The fourth-order valence-corrected chi connectivity index (χ4v) is 3.48. The molecule has 1 fully saturated rings. The molecule has 1 N–H and O–H groups in total. The van der Waals surface area contributed by atoms with Gasteiger partial charge in [0.1, 0.15) is 0 Å². The van der Waals surface area contributed by atoms with Crippen LogP contribution < -0.4 is 10.1 Å². The van der Waals surface area contributed by atoms with Crippen LogP contribution in [0.5, 0.6) is 5.75 Å². The number of methoxy groups -OCH3 is 1. The molecule has 0 bridgehead atoms. The molecule has 4 nitrogen and oxygen atoms in total. The fraction of sp³-hybridized carbons (Fsp3) is 0.824. The third-order valence-corrected chi connectivity index (χ3v) is 4.56. The Balaban J connectivity index is 2.25. The van der Waals surface area contributed by atoms with E-state index in [2.05, 4.69) is 42.8 Å². The van der Waals surface area contributed by atoms with Gasteiger partial charge in [-0.3, -0.25) is 4.68 Å². The smallest absolute Gasteiger partial charge is 0.160 e. The maximum absolute atomic E-state index is 5.60. The second-order valence-corrected chi connectivity index (χ2v) is 6.85. The van der Waals surface area contributed by atoms with E-state index in [1.807, 2.05) is 6.20 Å². The molecule has 1 aliphatic carbocycles. The Kier molecular flexibility index (Phi) is 5.68. The van der Waals surface area contributed by atoms with Crippen LogP contribution in [0.2, 0.25) is 0 Å². The van der Waals surface area contributed by atoms with Crippen LogP contribution in [-0.4, -0.2) is 29.5 Å². The largest absolute Gasteiger partial charge is 0.493 e. The zero-order valence-corrected chi connectivity index (χ0v) is 14.2. The second kappa shape index (κ2) is 7.30. The van der Waals surface area contributed by atoms with Gasteiger partial charge in [-0.05, 0) is 39.2 Å². The highest BCUT2D eigenvalue weighted by Gasteiger charge is 2.32. The normalized spacial score (nSPS) is 23.0. The number of rotatable bonds is 6. The third-order valence-electron chi connectivity index (χ3n) is 4.56. The highest BCUT2D eigenvalue weighted by Crippen LogP contribution is 2.42. The molecule has 0 spiro atoms. The molecule has 1 aromatic rings. The van der Waals surface area contributed by atoms with E-state index in [9.17, 15) is 0 Å². The summed E-state index contributed by atoms with van der Waals surface area (Å²) >= 11 is 0. The Labute approximate surface area is 129 Å². The van der Waals surface area contributed by atoms with Crippen molar-refractivity contribution in [2.24, 2.45) is 5.92 Å². The van der Waals surface area contributed by atoms with Crippen molar-refractivity contribution in [2.45, 2.75) is 71.4 Å². The van der Waals surface area contributed by atoms with Crippen molar-refractivity contribution < 1.29 is 4.74 Å². The zero-order chi connectivity index (χ0) is 15.4. The predicted molar refractivity (Wildman–Crippen MR) is 87.0 cm³/mol. The summed E-state index contributed by atoms with van der Waals surface area (Å²) in [6.07, 6.45) is 7.10. The van der Waals surface area contributed by atoms with Gasteiger partial charge in [0, 0.05) is 18.0 Å². The van der Waals surface area contributed by atoms with Crippen LogP contribution in [0.1, 0.15) is 71.0 Å². The zero-order valence-electron chi connectivity index (χ0n) is 14.2. The van der Waals surface area contributed by atoms with Crippen molar-refractivity contribution in [3.05, 3.63) is 11.9 Å². The molecule has 0 aliphatic heterocycles. The van der Waals surface area contributed by atoms with E-state index in [4.69, 9.17) is 4.74 Å². The van der Waals surface area contributed by atoms with Crippen LogP contribution in [0.3, 0.4) is 0 Å². The van der Waals surface area contributed by atoms with Gasteiger partial charge >= 0.3 is 0 Å². The molecular weight excluding hydrogens is 262 g/mol. The average molecular weight is 293 g/mol. The van der Waals surface area contributed by atoms with Gasteiger partial charge in [-0.2, -0.15) is 5.10 Å². The molecule has 1 heterocycles. The molecule has 0 saturated heterocycles. The first-order valence-corrected chi connectivity index (χ1v) is 8.39. The van der Waals surface area contributed by atoms with E-state index >= 15 is 0 Å². The number of hydrogen-bond donors (Lipinski definition) is 1. The lowest BCUT2D eigenvalue weighted by Crippen LogP contribution is -2.34. The number of ether oxygens (including phenoxy) is 1. The standard InChI is InChI=1S/C17H31N3O/c1-12(2)18-10-14-8-6-7-9-15(14)17-16(21-5)11-19-20(17)13(3)4/h11-15,18H,6-10H2,1-5H3. The van der Waals surface area contributed by atoms with E-state index < -0.39 is 0 Å². The summed E-state index contributed by atoms with van der Waals surface area (Å²) in [6.45, 7) is 9.92. The van der Waals surface area contributed by atoms with Gasteiger partial charge in [-0.15, -0.1) is 0 Å². The molecule has 21 heavy (non-hydrogen) atoms. The molecule has 1 saturated carbocycles. The van der Waals surface area contributed by atoms with Gasteiger partial charge in [0.2, 0.25) is 0 Å². The number of nitrogens with zero attached hydrogens (tertiary/aromatic N) is 2. The first-order chi connectivity index (χ1) is 10.0. The molecule has 1 aromatic heterocycles. The van der Waals surface area contributed by atoms with Gasteiger partial charge in [0.05, 0.1) is 19.0 Å². The van der Waals surface area contributed by atoms with Crippen molar-refractivity contribution >= 4 is 0 Å². The summed E-state index contributed by atoms with van der Waals surface area (Å²) in [5.41, 5.74) is 1.31. The molecule has 2 atom stereocenters. The fourth-order valence-electron chi connectivity index (χ4n) is 3.48. The minimum absolute atomic E-state index is 0.379. The second-order valence-electron chi connectivity index (χ2n) is 6.85. The quantitative estimate of drug-likeness (QED) is 0.868. The van der Waals surface area contributed by atoms with Crippen LogP contribution >= 0.6 is 0 Å². The lowest BCUT2D eigenvalue weighted by molar-refractivity contribution is 0.267. The summed E-state index contributed by atoms with van der Waals surface area (Å²) in [6, 6.07) is 0.925. The van der Waals surface area contributed by atoms with Gasteiger partial charge in [-0.25, -0.2) is 0 Å². The molecule has 0 aromatic carbocycles. The predicted octanol–water partition coefficient (Wildman–Crippen LogP) is 3.74. The molecular formula is C17H31N3O. The lowest BCUT2D eigenvalue weighted by atomic mass is 9.77. The Morgan fingerprint density at radius 2 is 2.00 bits per heavy atom. The van der Waals surface area contributed by atoms with Crippen molar-refractivity contribution in [1.29, 1.82) is 0 Å². The Bertz CT molecular complexity index is 439. The van der Waals surface area contributed by atoms with Crippen LogP contribution in [0.4, 0.5) is 0 Å². The average Bonchev–Trinajstić information content (AvgIpc) is 2.89. The summed E-state index contributed by atoms with van der Waals surface area (Å²) in [5.74, 6) is 2.21. The van der Waals surface area contributed by atoms with Crippen molar-refractivity contribution in [3.63, 3.8) is 0 Å². The molecule has 2 rings (SSSR count). The van der Waals surface area contributed by atoms with Crippen LogP contribution in [-0.2, 0) is 0 Å². The summed E-state index contributed by atoms with van der Waals surface area (Å²) < 4.78 is 7.76. The van der Waals surface area contributed by atoms with E-state index in [-0.39, 0.29) is 0 Å². The van der Waals surface area contributed by atoms with E-state index in [0.29, 0.717) is 23.9 Å². The van der Waals surface area contributed by atoms with E-state index in [0.717, 1.165) is 12.3 Å². The SMILES string of the molecule is COc1cnn(C(C)C)c1C1CCCCC1CNC(C)C. The van der Waals surface area contributed by atoms with E-state index in [1.165, 1.54) is 31.4 Å². The monoisotopic (exact) mass is 293 g/mol. The van der Waals surface area contributed by atoms with Crippen molar-refractivity contribution in [2.75, 3.05) is 13.7 Å². The summed E-state index contributed by atoms with van der Waals surface area (Å²) in [7, 11) is 1.76. The molecule has 2 unspecified atom stereocenters. The minimum atomic E-state index is 0.379. The lowest BCUT2D eigenvalue weighted by Gasteiger charge is -2.33. The topological polar surface area (TPSA) is 39.1 Å². The first kappa shape index (κ1) is 16.3. The Morgan fingerprint density at radius 3 is 2.62 bits per heavy atom. The number of aromatic nitrogens is 2. The van der Waals surface area contributed by atoms with E-state index in [1.54, 1.807) is 7.11 Å². The highest BCUT2D eigenvalue weighted by molar-refractivity contribution is 5.30. The van der Waals surface area contributed by atoms with Gasteiger partial charge in [0.25, 0.3) is 0 Å². The Hall–Kier alpha value is -1.03. The van der Waals surface area contributed by atoms with Crippen LogP contribution in [0, 0.1) is 5.92 Å². The highest BCUT2D eigenvalue weighted by atomic mass is 16.5. The van der Waals surface area contributed by atoms with Crippen molar-refractivity contribution in [3.8, 4) is 5.75 Å². The van der Waals surface area contributed by atoms with Gasteiger partial charge in [-0.1, -0.05) is 26.7 Å². The van der Waals surface area contributed by atoms with Gasteiger partial charge in [0.15, 0.2) is 5.75 Å². The van der Waals surface area contributed by atoms with Crippen LogP contribution in [0.15, 0.2) is 6.20 Å². The number of nitrogens with one attached hydrogen (secondary N) is 1. The summed E-state index contributed by atoms with van der Waals surface area (Å²) in [5, 5.41) is 8.19. The van der Waals surface area contributed by atoms with Gasteiger partial charge < -0.3 is 10.1 Å².